The Morgan fingerprint density at radius 3 is 2.45 bits per heavy atom. The molecule has 162 valence electrons. The number of thioether (sulfide) groups is 1. The summed E-state index contributed by atoms with van der Waals surface area (Å²) in [5.41, 5.74) is 1.72. The van der Waals surface area contributed by atoms with Crippen molar-refractivity contribution in [2.45, 2.75) is 13.8 Å². The van der Waals surface area contributed by atoms with Crippen LogP contribution in [0.15, 0.2) is 59.0 Å². The standard InChI is InChI=1S/C23H21ClI2N2O2S/c1-4-9-30-21-18(25)10-15(11-19(21)26)12-20-22(29)28(13-14(2)3)23(31-20)27-17-7-5-16(24)6-8-17/h4-8,10-12,14H,1,9,13H2,2-3H3/b20-12-,27-23?. The molecule has 0 atom stereocenters. The molecular weight excluding hydrogens is 658 g/mol. The van der Waals surface area contributed by atoms with E-state index in [0.717, 1.165) is 24.1 Å². The van der Waals surface area contributed by atoms with Crippen molar-refractivity contribution in [1.29, 1.82) is 0 Å². The van der Waals surface area contributed by atoms with Crippen LogP contribution in [0.1, 0.15) is 19.4 Å². The van der Waals surface area contributed by atoms with Crippen molar-refractivity contribution in [3.05, 3.63) is 71.7 Å². The summed E-state index contributed by atoms with van der Waals surface area (Å²) >= 11 is 11.9. The smallest absolute Gasteiger partial charge is 0.266 e. The van der Waals surface area contributed by atoms with Gasteiger partial charge in [-0.25, -0.2) is 4.99 Å². The average molecular weight is 679 g/mol. The zero-order valence-electron chi connectivity index (χ0n) is 17.1. The molecular formula is C23H21ClI2N2O2S. The van der Waals surface area contributed by atoms with Gasteiger partial charge in [0.25, 0.3) is 5.91 Å². The number of hydrogen-bond donors (Lipinski definition) is 0. The minimum absolute atomic E-state index is 0.0246. The number of rotatable bonds is 7. The molecule has 1 aliphatic rings. The first kappa shape index (κ1) is 24.6. The quantitative estimate of drug-likeness (QED) is 0.175. The zero-order valence-corrected chi connectivity index (χ0v) is 23.0. The molecule has 2 aromatic rings. The monoisotopic (exact) mass is 678 g/mol. The van der Waals surface area contributed by atoms with Gasteiger partial charge in [-0.2, -0.15) is 0 Å². The van der Waals surface area contributed by atoms with E-state index in [1.165, 1.54) is 11.8 Å². The van der Waals surface area contributed by atoms with Crippen LogP contribution in [0.5, 0.6) is 5.75 Å². The van der Waals surface area contributed by atoms with Crippen LogP contribution >= 0.6 is 68.5 Å². The van der Waals surface area contributed by atoms with Crippen molar-refractivity contribution < 1.29 is 9.53 Å². The Balaban J connectivity index is 1.94. The molecule has 1 heterocycles. The normalized spacial score (nSPS) is 16.6. The van der Waals surface area contributed by atoms with E-state index in [9.17, 15) is 4.79 Å². The van der Waals surface area contributed by atoms with Crippen molar-refractivity contribution in [2.24, 2.45) is 10.9 Å². The molecule has 0 saturated carbocycles. The molecule has 0 unspecified atom stereocenters. The fourth-order valence-corrected chi connectivity index (χ4v) is 6.10. The zero-order chi connectivity index (χ0) is 22.5. The molecule has 0 radical (unpaired) electrons. The third-order valence-electron chi connectivity index (χ3n) is 4.15. The summed E-state index contributed by atoms with van der Waals surface area (Å²) in [5.74, 6) is 1.13. The van der Waals surface area contributed by atoms with Crippen LogP contribution in [0.4, 0.5) is 5.69 Å². The molecule has 4 nitrogen and oxygen atoms in total. The SMILES string of the molecule is C=CCOc1c(I)cc(/C=C2\SC(=Nc3ccc(Cl)cc3)N(CC(C)C)C2=O)cc1I. The topological polar surface area (TPSA) is 41.9 Å². The summed E-state index contributed by atoms with van der Waals surface area (Å²) in [5, 5.41) is 1.34. The average Bonchev–Trinajstić information content (AvgIpc) is 2.97. The Hall–Kier alpha value is -1.04. The molecule has 0 bridgehead atoms. The number of halogens is 3. The number of aliphatic imine (C=N–C) groups is 1. The number of amidine groups is 1. The molecule has 0 N–H and O–H groups in total. The number of amides is 1. The molecule has 1 aliphatic heterocycles. The molecule has 1 amide bonds. The maximum Gasteiger partial charge on any atom is 0.266 e. The van der Waals surface area contributed by atoms with E-state index in [4.69, 9.17) is 21.3 Å². The van der Waals surface area contributed by atoms with Gasteiger partial charge in [-0.15, -0.1) is 0 Å². The van der Waals surface area contributed by atoms with Gasteiger partial charge in [0.1, 0.15) is 12.4 Å². The van der Waals surface area contributed by atoms with Crippen molar-refractivity contribution in [1.82, 2.24) is 4.90 Å². The van der Waals surface area contributed by atoms with E-state index < -0.39 is 0 Å². The van der Waals surface area contributed by atoms with E-state index in [0.29, 0.717) is 34.2 Å². The molecule has 8 heteroatoms. The highest BCUT2D eigenvalue weighted by Crippen LogP contribution is 2.36. The van der Waals surface area contributed by atoms with Gasteiger partial charge in [0.15, 0.2) is 5.17 Å². The van der Waals surface area contributed by atoms with Crippen molar-refractivity contribution >= 4 is 91.4 Å². The van der Waals surface area contributed by atoms with Crippen LogP contribution in [0.2, 0.25) is 5.02 Å². The van der Waals surface area contributed by atoms with Gasteiger partial charge in [0.2, 0.25) is 0 Å². The Morgan fingerprint density at radius 1 is 1.23 bits per heavy atom. The Bertz CT molecular complexity index is 1030. The first-order valence-electron chi connectivity index (χ1n) is 9.57. The van der Waals surface area contributed by atoms with Crippen LogP contribution in [0.3, 0.4) is 0 Å². The predicted octanol–water partition coefficient (Wildman–Crippen LogP) is 7.37. The Morgan fingerprint density at radius 2 is 1.87 bits per heavy atom. The van der Waals surface area contributed by atoms with E-state index in [1.807, 2.05) is 30.3 Å². The number of nitrogens with zero attached hydrogens (tertiary/aromatic N) is 2. The van der Waals surface area contributed by atoms with Gasteiger partial charge < -0.3 is 4.74 Å². The summed E-state index contributed by atoms with van der Waals surface area (Å²) in [7, 11) is 0. The molecule has 31 heavy (non-hydrogen) atoms. The number of hydrogen-bond acceptors (Lipinski definition) is 4. The summed E-state index contributed by atoms with van der Waals surface area (Å²) in [4.78, 5) is 20.3. The molecule has 1 fully saturated rings. The number of carbonyl (C=O) groups is 1. The van der Waals surface area contributed by atoms with Crippen molar-refractivity contribution in [3.63, 3.8) is 0 Å². The number of carbonyl (C=O) groups excluding carboxylic acids is 1. The lowest BCUT2D eigenvalue weighted by molar-refractivity contribution is -0.122. The molecule has 2 aromatic carbocycles. The second-order valence-electron chi connectivity index (χ2n) is 7.20. The van der Waals surface area contributed by atoms with Crippen molar-refractivity contribution in [2.75, 3.05) is 13.2 Å². The van der Waals surface area contributed by atoms with Gasteiger partial charge in [0.05, 0.1) is 17.7 Å². The summed E-state index contributed by atoms with van der Waals surface area (Å²) < 4.78 is 7.73. The van der Waals surface area contributed by atoms with Crippen LogP contribution in [-0.2, 0) is 4.79 Å². The molecule has 3 rings (SSSR count). The Labute approximate surface area is 219 Å². The second-order valence-corrected chi connectivity index (χ2v) is 11.0. The lowest BCUT2D eigenvalue weighted by Crippen LogP contribution is -2.32. The number of benzene rings is 2. The highest BCUT2D eigenvalue weighted by Gasteiger charge is 2.33. The first-order valence-corrected chi connectivity index (χ1v) is 12.9. The third-order valence-corrected chi connectivity index (χ3v) is 7.01. The molecule has 0 aliphatic carbocycles. The van der Waals surface area contributed by atoms with Gasteiger partial charge in [-0.05, 0) is 111 Å². The lowest BCUT2D eigenvalue weighted by atomic mass is 10.2. The summed E-state index contributed by atoms with van der Waals surface area (Å²) in [6, 6.07) is 11.3. The largest absolute Gasteiger partial charge is 0.487 e. The van der Waals surface area contributed by atoms with Crippen LogP contribution in [-0.4, -0.2) is 29.1 Å². The Kier molecular flexibility index (Phi) is 8.89. The lowest BCUT2D eigenvalue weighted by Gasteiger charge is -2.17. The van der Waals surface area contributed by atoms with Gasteiger partial charge >= 0.3 is 0 Å². The van der Waals surface area contributed by atoms with Crippen LogP contribution in [0.25, 0.3) is 6.08 Å². The van der Waals surface area contributed by atoms with Gasteiger partial charge in [0, 0.05) is 11.6 Å². The fourth-order valence-electron chi connectivity index (χ4n) is 2.84. The van der Waals surface area contributed by atoms with Crippen LogP contribution in [0, 0.1) is 13.1 Å². The van der Waals surface area contributed by atoms with Gasteiger partial charge in [-0.3, -0.25) is 9.69 Å². The number of ether oxygens (including phenoxy) is 1. The molecule has 0 spiro atoms. The predicted molar refractivity (Wildman–Crippen MR) is 148 cm³/mol. The maximum atomic E-state index is 13.2. The summed E-state index contributed by atoms with van der Waals surface area (Å²) in [6.07, 6.45) is 3.65. The molecule has 0 aromatic heterocycles. The van der Waals surface area contributed by atoms with Crippen LogP contribution < -0.4 is 4.74 Å². The van der Waals surface area contributed by atoms with E-state index in [-0.39, 0.29) is 5.91 Å². The van der Waals surface area contributed by atoms with Crippen molar-refractivity contribution in [3.8, 4) is 5.75 Å². The first-order chi connectivity index (χ1) is 14.8. The van der Waals surface area contributed by atoms with E-state index in [2.05, 4.69) is 65.6 Å². The molecule has 1 saturated heterocycles. The second kappa shape index (κ2) is 11.2. The minimum Gasteiger partial charge on any atom is -0.487 e. The fraction of sp³-hybridized carbons (Fsp3) is 0.217. The third kappa shape index (κ3) is 6.49. The van der Waals surface area contributed by atoms with E-state index in [1.54, 1.807) is 23.1 Å². The highest BCUT2D eigenvalue weighted by molar-refractivity contribution is 14.1. The van der Waals surface area contributed by atoms with E-state index >= 15 is 0 Å². The summed E-state index contributed by atoms with van der Waals surface area (Å²) in [6.45, 7) is 8.94. The highest BCUT2D eigenvalue weighted by atomic mass is 127. The van der Waals surface area contributed by atoms with Gasteiger partial charge in [-0.1, -0.05) is 38.1 Å². The maximum absolute atomic E-state index is 13.2. The minimum atomic E-state index is -0.0246.